The molecule has 4 nitrogen and oxygen atoms in total. The van der Waals surface area contributed by atoms with Crippen LogP contribution in [0.25, 0.3) is 5.57 Å². The molecule has 0 saturated heterocycles. The van der Waals surface area contributed by atoms with Gasteiger partial charge in [0.2, 0.25) is 5.89 Å². The minimum absolute atomic E-state index is 0.0398. The zero-order chi connectivity index (χ0) is 7.56. The van der Waals surface area contributed by atoms with Crippen molar-refractivity contribution in [1.29, 1.82) is 0 Å². The number of nitrogens with two attached hydrogens (primary N) is 1. The lowest BCUT2D eigenvalue weighted by atomic mass is 10.3. The summed E-state index contributed by atoms with van der Waals surface area (Å²) in [6.45, 7) is 7.07. The van der Waals surface area contributed by atoms with Crippen LogP contribution in [-0.4, -0.2) is 10.2 Å². The Morgan fingerprint density at radius 2 is 2.30 bits per heavy atom. The van der Waals surface area contributed by atoms with Gasteiger partial charge in [0.15, 0.2) is 0 Å². The third kappa shape index (κ3) is 1.05. The number of aromatic nitrogens is 2. The van der Waals surface area contributed by atoms with Crippen molar-refractivity contribution in [3.8, 4) is 0 Å². The minimum Gasteiger partial charge on any atom is -0.404 e. The van der Waals surface area contributed by atoms with E-state index in [0.717, 1.165) is 0 Å². The molecule has 0 aliphatic rings. The van der Waals surface area contributed by atoms with E-state index in [1.54, 1.807) is 0 Å². The first-order valence-electron chi connectivity index (χ1n) is 2.64. The molecule has 1 heterocycles. The smallest absolute Gasteiger partial charge is 0.313 e. The van der Waals surface area contributed by atoms with Crippen molar-refractivity contribution in [2.45, 2.75) is 0 Å². The molecule has 0 fully saturated rings. The molecule has 0 atom stereocenters. The van der Waals surface area contributed by atoms with E-state index in [1.165, 1.54) is 6.08 Å². The van der Waals surface area contributed by atoms with Crippen molar-refractivity contribution in [2.24, 2.45) is 0 Å². The molecule has 0 saturated carbocycles. The van der Waals surface area contributed by atoms with E-state index in [0.29, 0.717) is 11.5 Å². The summed E-state index contributed by atoms with van der Waals surface area (Å²) in [6.07, 6.45) is 1.52. The van der Waals surface area contributed by atoms with Crippen molar-refractivity contribution in [2.75, 3.05) is 5.73 Å². The SMILES string of the molecule is C=CC(=C)c1nnc(N)o1. The highest BCUT2D eigenvalue weighted by Gasteiger charge is 2.02. The fraction of sp³-hybridized carbons (Fsp3) is 0. The molecule has 0 radical (unpaired) electrons. The van der Waals surface area contributed by atoms with Gasteiger partial charge in [-0.25, -0.2) is 0 Å². The van der Waals surface area contributed by atoms with Gasteiger partial charge >= 0.3 is 6.01 Å². The van der Waals surface area contributed by atoms with E-state index in [9.17, 15) is 0 Å². The van der Waals surface area contributed by atoms with Gasteiger partial charge in [-0.15, -0.1) is 5.10 Å². The molecule has 2 N–H and O–H groups in total. The van der Waals surface area contributed by atoms with Crippen molar-refractivity contribution in [3.05, 3.63) is 25.1 Å². The lowest BCUT2D eigenvalue weighted by molar-refractivity contribution is 0.560. The zero-order valence-corrected chi connectivity index (χ0v) is 5.37. The Bertz CT molecular complexity index is 264. The third-order valence-electron chi connectivity index (χ3n) is 0.962. The van der Waals surface area contributed by atoms with Crippen LogP contribution in [0.5, 0.6) is 0 Å². The summed E-state index contributed by atoms with van der Waals surface area (Å²) in [5.41, 5.74) is 5.73. The van der Waals surface area contributed by atoms with Crippen LogP contribution < -0.4 is 5.73 Å². The van der Waals surface area contributed by atoms with Crippen LogP contribution in [0.4, 0.5) is 6.01 Å². The monoisotopic (exact) mass is 137 g/mol. The Labute approximate surface area is 58.1 Å². The van der Waals surface area contributed by atoms with Crippen LogP contribution in [0.1, 0.15) is 5.89 Å². The Morgan fingerprint density at radius 1 is 1.60 bits per heavy atom. The Balaban J connectivity index is 2.95. The van der Waals surface area contributed by atoms with E-state index in [-0.39, 0.29) is 6.01 Å². The predicted octanol–water partition coefficient (Wildman–Crippen LogP) is 0.851. The lowest BCUT2D eigenvalue weighted by Crippen LogP contribution is -1.81. The van der Waals surface area contributed by atoms with E-state index in [1.807, 2.05) is 0 Å². The first-order chi connectivity index (χ1) is 4.74. The number of rotatable bonds is 2. The average Bonchev–Trinajstić information content (AvgIpc) is 2.34. The second-order valence-electron chi connectivity index (χ2n) is 1.67. The van der Waals surface area contributed by atoms with Crippen LogP contribution >= 0.6 is 0 Å². The molecule has 0 aliphatic carbocycles. The summed E-state index contributed by atoms with van der Waals surface area (Å²) in [5.74, 6) is 0.313. The predicted molar refractivity (Wildman–Crippen MR) is 37.9 cm³/mol. The summed E-state index contributed by atoms with van der Waals surface area (Å²) in [4.78, 5) is 0. The lowest BCUT2D eigenvalue weighted by Gasteiger charge is -1.85. The van der Waals surface area contributed by atoms with Gasteiger partial charge in [0.25, 0.3) is 0 Å². The fourth-order valence-electron chi connectivity index (χ4n) is 0.452. The van der Waals surface area contributed by atoms with Crippen LogP contribution in [0.2, 0.25) is 0 Å². The van der Waals surface area contributed by atoms with E-state index >= 15 is 0 Å². The maximum atomic E-state index is 5.16. The van der Waals surface area contributed by atoms with Crippen molar-refractivity contribution >= 4 is 11.6 Å². The number of nitrogen functional groups attached to an aromatic ring is 1. The molecule has 1 aromatic heterocycles. The first-order valence-corrected chi connectivity index (χ1v) is 2.64. The molecule has 0 amide bonds. The molecule has 0 aliphatic heterocycles. The summed E-state index contributed by atoms with van der Waals surface area (Å²) >= 11 is 0. The molecule has 1 rings (SSSR count). The van der Waals surface area contributed by atoms with Crippen molar-refractivity contribution in [1.82, 2.24) is 10.2 Å². The highest BCUT2D eigenvalue weighted by molar-refractivity contribution is 5.65. The third-order valence-corrected chi connectivity index (χ3v) is 0.962. The second-order valence-corrected chi connectivity index (χ2v) is 1.67. The van der Waals surface area contributed by atoms with E-state index in [2.05, 4.69) is 23.4 Å². The van der Waals surface area contributed by atoms with Gasteiger partial charge in [0.05, 0.1) is 0 Å². The van der Waals surface area contributed by atoms with Crippen molar-refractivity contribution < 1.29 is 4.42 Å². The normalized spacial score (nSPS) is 9.20. The van der Waals surface area contributed by atoms with Gasteiger partial charge in [-0.2, -0.15) is 0 Å². The maximum absolute atomic E-state index is 5.16. The molecule has 52 valence electrons. The molecule has 1 aromatic rings. The van der Waals surface area contributed by atoms with E-state index in [4.69, 9.17) is 10.2 Å². The summed E-state index contributed by atoms with van der Waals surface area (Å²) in [5, 5.41) is 7.01. The number of nitrogens with zero attached hydrogens (tertiary/aromatic N) is 2. The van der Waals surface area contributed by atoms with Crippen LogP contribution in [-0.2, 0) is 0 Å². The average molecular weight is 137 g/mol. The fourth-order valence-corrected chi connectivity index (χ4v) is 0.452. The zero-order valence-electron chi connectivity index (χ0n) is 5.37. The van der Waals surface area contributed by atoms with Gasteiger partial charge in [0, 0.05) is 5.57 Å². The van der Waals surface area contributed by atoms with Crippen molar-refractivity contribution in [3.63, 3.8) is 0 Å². The largest absolute Gasteiger partial charge is 0.404 e. The topological polar surface area (TPSA) is 64.9 Å². The highest BCUT2D eigenvalue weighted by atomic mass is 16.4. The van der Waals surface area contributed by atoms with Gasteiger partial charge in [-0.05, 0) is 0 Å². The summed E-state index contributed by atoms with van der Waals surface area (Å²) < 4.78 is 4.82. The quantitative estimate of drug-likeness (QED) is 0.613. The van der Waals surface area contributed by atoms with E-state index < -0.39 is 0 Å². The van der Waals surface area contributed by atoms with Gasteiger partial charge in [-0.1, -0.05) is 24.3 Å². The number of hydrogen-bond donors (Lipinski definition) is 1. The molecule has 0 spiro atoms. The van der Waals surface area contributed by atoms with Crippen LogP contribution in [0, 0.1) is 0 Å². The molecular formula is C6H7N3O. The number of anilines is 1. The number of allylic oxidation sites excluding steroid dienone is 2. The highest BCUT2D eigenvalue weighted by Crippen LogP contribution is 2.11. The second kappa shape index (κ2) is 2.34. The van der Waals surface area contributed by atoms with Gasteiger partial charge in [0.1, 0.15) is 0 Å². The summed E-state index contributed by atoms with van der Waals surface area (Å²) in [7, 11) is 0. The molecule has 10 heavy (non-hydrogen) atoms. The Kier molecular flexibility index (Phi) is 1.53. The van der Waals surface area contributed by atoms with Crippen LogP contribution in [0.3, 0.4) is 0 Å². The Hall–Kier alpha value is -1.58. The number of hydrogen-bond acceptors (Lipinski definition) is 4. The molecular weight excluding hydrogens is 130 g/mol. The molecule has 4 heteroatoms. The summed E-state index contributed by atoms with van der Waals surface area (Å²) in [6, 6.07) is 0.0398. The van der Waals surface area contributed by atoms with Gasteiger partial charge in [-0.3, -0.25) is 0 Å². The minimum atomic E-state index is 0.0398. The van der Waals surface area contributed by atoms with Gasteiger partial charge < -0.3 is 10.2 Å². The molecule has 0 aromatic carbocycles. The Morgan fingerprint density at radius 3 is 2.70 bits per heavy atom. The first kappa shape index (κ1) is 6.54. The van der Waals surface area contributed by atoms with Crippen LogP contribution in [0.15, 0.2) is 23.7 Å². The maximum Gasteiger partial charge on any atom is 0.313 e. The standard InChI is InChI=1S/C6H7N3O/c1-3-4(2)5-8-9-6(7)10-5/h3H,1-2H2,(H2,7,9). The molecule has 0 bridgehead atoms. The molecule has 0 unspecified atom stereocenters.